The summed E-state index contributed by atoms with van der Waals surface area (Å²) in [6.07, 6.45) is 0.335. The molecule has 0 aliphatic heterocycles. The Morgan fingerprint density at radius 2 is 1.69 bits per heavy atom. The molecule has 2 aromatic heterocycles. The summed E-state index contributed by atoms with van der Waals surface area (Å²) >= 11 is 1.62. The quantitative estimate of drug-likeness (QED) is 0.223. The number of hydrogen-bond acceptors (Lipinski definition) is 6. The minimum Gasteiger partial charge on any atom is -0.494 e. The van der Waals surface area contributed by atoms with Gasteiger partial charge >= 0.3 is 6.09 Å². The molecule has 0 bridgehead atoms. The van der Waals surface area contributed by atoms with Gasteiger partial charge in [-0.1, -0.05) is 18.2 Å². The predicted molar refractivity (Wildman–Crippen MR) is 155 cm³/mol. The molecule has 2 amide bonds. The van der Waals surface area contributed by atoms with E-state index in [0.717, 1.165) is 21.5 Å². The van der Waals surface area contributed by atoms with Gasteiger partial charge in [-0.15, -0.1) is 11.3 Å². The van der Waals surface area contributed by atoms with Gasteiger partial charge in [-0.3, -0.25) is 4.79 Å². The highest BCUT2D eigenvalue weighted by Gasteiger charge is 2.19. The highest BCUT2D eigenvalue weighted by atomic mass is 32.1. The first kappa shape index (κ1) is 28.0. The van der Waals surface area contributed by atoms with Crippen LogP contribution in [0.1, 0.15) is 43.2 Å². The van der Waals surface area contributed by atoms with E-state index < -0.39 is 5.60 Å². The second-order valence-corrected chi connectivity index (χ2v) is 11.2. The molecule has 0 aliphatic carbocycles. The van der Waals surface area contributed by atoms with E-state index in [1.165, 1.54) is 0 Å². The molecule has 2 aromatic carbocycles. The summed E-state index contributed by atoms with van der Waals surface area (Å²) in [5.41, 5.74) is 2.72. The average molecular weight is 550 g/mol. The van der Waals surface area contributed by atoms with Crippen molar-refractivity contribution in [3.8, 4) is 11.5 Å². The molecule has 4 rings (SSSR count). The Kier molecular flexibility index (Phi) is 8.81. The van der Waals surface area contributed by atoms with Crippen LogP contribution in [0, 0.1) is 0 Å². The Hall–Kier alpha value is -3.98. The second kappa shape index (κ2) is 12.3. The first-order valence-electron chi connectivity index (χ1n) is 12.8. The summed E-state index contributed by atoms with van der Waals surface area (Å²) in [5.74, 6) is 1.25. The first-order valence-corrected chi connectivity index (χ1v) is 13.7. The van der Waals surface area contributed by atoms with Gasteiger partial charge in [0.2, 0.25) is 0 Å². The number of anilines is 1. The maximum atomic E-state index is 13.0. The number of ether oxygens (including phenoxy) is 3. The predicted octanol–water partition coefficient (Wildman–Crippen LogP) is 6.71. The summed E-state index contributed by atoms with van der Waals surface area (Å²) in [6, 6.07) is 18.9. The monoisotopic (exact) mass is 549 g/mol. The molecule has 0 saturated heterocycles. The van der Waals surface area contributed by atoms with E-state index in [1.807, 2.05) is 98.4 Å². The molecule has 0 spiro atoms. The molecule has 0 aliphatic rings. The van der Waals surface area contributed by atoms with Gasteiger partial charge in [-0.2, -0.15) is 0 Å². The highest BCUT2D eigenvalue weighted by Crippen LogP contribution is 2.26. The summed E-state index contributed by atoms with van der Waals surface area (Å²) in [5, 5.41) is 5.05. The van der Waals surface area contributed by atoms with Crippen molar-refractivity contribution in [1.29, 1.82) is 0 Å². The lowest BCUT2D eigenvalue weighted by molar-refractivity contribution is 0.0292. The lowest BCUT2D eigenvalue weighted by atomic mass is 10.2. The smallest absolute Gasteiger partial charge is 0.410 e. The normalized spacial score (nSPS) is 11.3. The second-order valence-electron chi connectivity index (χ2n) is 10.2. The number of aryl methyl sites for hydroxylation is 1. The van der Waals surface area contributed by atoms with Crippen LogP contribution in [0.25, 0.3) is 10.2 Å². The molecular formula is C30H35N3O5S. The molecule has 2 heterocycles. The lowest BCUT2D eigenvalue weighted by Gasteiger charge is -2.24. The summed E-state index contributed by atoms with van der Waals surface area (Å²) in [4.78, 5) is 26.6. The maximum Gasteiger partial charge on any atom is 0.410 e. The minimum atomic E-state index is -0.513. The zero-order chi connectivity index (χ0) is 28.0. The average Bonchev–Trinajstić information content (AvgIpc) is 3.48. The SMILES string of the molecule is CN(CCCOc1ccc(OCc2ccccc2NC(=O)c2cc3sccc3n2C)cc1)C(=O)OC(C)(C)C. The number of thiophene rings is 1. The number of nitrogens with one attached hydrogen (secondary N) is 1. The Balaban J connectivity index is 1.25. The van der Waals surface area contributed by atoms with Crippen LogP contribution in [-0.2, 0) is 18.4 Å². The van der Waals surface area contributed by atoms with Crippen LogP contribution in [0.15, 0.2) is 66.0 Å². The lowest BCUT2D eigenvalue weighted by Crippen LogP contribution is -2.35. The summed E-state index contributed by atoms with van der Waals surface area (Å²) in [6.45, 7) is 6.85. The third-order valence-corrected chi connectivity index (χ3v) is 6.85. The van der Waals surface area contributed by atoms with Crippen molar-refractivity contribution in [2.24, 2.45) is 7.05 Å². The molecular weight excluding hydrogens is 514 g/mol. The molecule has 0 saturated carbocycles. The third kappa shape index (κ3) is 7.54. The maximum absolute atomic E-state index is 13.0. The number of hydrogen-bond donors (Lipinski definition) is 1. The summed E-state index contributed by atoms with van der Waals surface area (Å²) < 4.78 is 20.1. The van der Waals surface area contributed by atoms with Gasteiger partial charge in [-0.25, -0.2) is 4.79 Å². The van der Waals surface area contributed by atoms with Gasteiger partial charge in [0.1, 0.15) is 29.4 Å². The van der Waals surface area contributed by atoms with Crippen molar-refractivity contribution >= 4 is 39.2 Å². The third-order valence-electron chi connectivity index (χ3n) is 5.99. The van der Waals surface area contributed by atoms with E-state index >= 15 is 0 Å². The molecule has 9 heteroatoms. The number of benzene rings is 2. The van der Waals surface area contributed by atoms with Crippen molar-refractivity contribution in [3.05, 3.63) is 77.3 Å². The van der Waals surface area contributed by atoms with Crippen LogP contribution >= 0.6 is 11.3 Å². The van der Waals surface area contributed by atoms with Crippen LogP contribution in [0.2, 0.25) is 0 Å². The van der Waals surface area contributed by atoms with Crippen molar-refractivity contribution in [2.75, 3.05) is 25.5 Å². The fourth-order valence-electron chi connectivity index (χ4n) is 3.94. The zero-order valence-electron chi connectivity index (χ0n) is 23.0. The fourth-order valence-corrected chi connectivity index (χ4v) is 4.79. The Bertz CT molecular complexity index is 1420. The molecule has 1 N–H and O–H groups in total. The molecule has 206 valence electrons. The van der Waals surface area contributed by atoms with E-state index in [2.05, 4.69) is 5.32 Å². The zero-order valence-corrected chi connectivity index (χ0v) is 23.8. The largest absolute Gasteiger partial charge is 0.494 e. The van der Waals surface area contributed by atoms with Crippen LogP contribution in [0.3, 0.4) is 0 Å². The van der Waals surface area contributed by atoms with Crippen LogP contribution < -0.4 is 14.8 Å². The van der Waals surface area contributed by atoms with Gasteiger partial charge in [0.05, 0.1) is 16.8 Å². The number of rotatable bonds is 10. The Morgan fingerprint density at radius 1 is 1.00 bits per heavy atom. The van der Waals surface area contributed by atoms with Crippen molar-refractivity contribution in [2.45, 2.75) is 39.4 Å². The topological polar surface area (TPSA) is 82.0 Å². The van der Waals surface area contributed by atoms with E-state index in [0.29, 0.717) is 43.3 Å². The summed E-state index contributed by atoms with van der Waals surface area (Å²) in [7, 11) is 3.61. The van der Waals surface area contributed by atoms with Crippen LogP contribution in [0.4, 0.5) is 10.5 Å². The number of fused-ring (bicyclic) bond motifs is 1. The molecule has 4 aromatic rings. The minimum absolute atomic E-state index is 0.160. The molecule has 0 atom stereocenters. The molecule has 39 heavy (non-hydrogen) atoms. The van der Waals surface area contributed by atoms with Crippen molar-refractivity contribution in [3.63, 3.8) is 0 Å². The number of carbonyl (C=O) groups is 2. The number of nitrogens with zero attached hydrogens (tertiary/aromatic N) is 2. The highest BCUT2D eigenvalue weighted by molar-refractivity contribution is 7.17. The Morgan fingerprint density at radius 3 is 2.38 bits per heavy atom. The number of para-hydroxylation sites is 1. The number of carbonyl (C=O) groups excluding carboxylic acids is 2. The molecule has 0 fully saturated rings. The number of aromatic nitrogens is 1. The van der Waals surface area contributed by atoms with Gasteiger partial charge < -0.3 is 29.0 Å². The van der Waals surface area contributed by atoms with Crippen molar-refractivity contribution in [1.82, 2.24) is 9.47 Å². The van der Waals surface area contributed by atoms with E-state index in [1.54, 1.807) is 23.3 Å². The van der Waals surface area contributed by atoms with Crippen molar-refractivity contribution < 1.29 is 23.8 Å². The van der Waals surface area contributed by atoms with Gasteiger partial charge in [0, 0.05) is 31.9 Å². The van der Waals surface area contributed by atoms with Crippen LogP contribution in [-0.4, -0.2) is 47.3 Å². The van der Waals surface area contributed by atoms with Crippen LogP contribution in [0.5, 0.6) is 11.5 Å². The van der Waals surface area contributed by atoms with E-state index in [4.69, 9.17) is 14.2 Å². The van der Waals surface area contributed by atoms with Gasteiger partial charge in [-0.05, 0) is 75.0 Å². The van der Waals surface area contributed by atoms with Gasteiger partial charge in [0.25, 0.3) is 5.91 Å². The van der Waals surface area contributed by atoms with Gasteiger partial charge in [0.15, 0.2) is 0 Å². The Labute approximate surface area is 233 Å². The standard InChI is InChI=1S/C30H35N3O5S/c1-30(2,3)38-29(35)32(4)16-8-17-36-22-11-13-23(14-12-22)37-20-21-9-6-7-10-24(21)31-28(34)26-19-27-25(33(26)5)15-18-39-27/h6-7,9-15,18-19H,8,16-17,20H2,1-5H3,(H,31,34). The fraction of sp³-hybridized carbons (Fsp3) is 0.333. The first-order chi connectivity index (χ1) is 18.6. The molecule has 8 nitrogen and oxygen atoms in total. The van der Waals surface area contributed by atoms with E-state index in [-0.39, 0.29) is 12.0 Å². The molecule has 0 unspecified atom stereocenters. The number of amides is 2. The molecule has 0 radical (unpaired) electrons. The van der Waals surface area contributed by atoms with E-state index in [9.17, 15) is 9.59 Å².